The SMILES string of the molecule is CC(C)c1ccc(C2(C)CCS2)cc1. The van der Waals surface area contributed by atoms with Crippen LogP contribution in [-0.4, -0.2) is 5.75 Å². The molecule has 1 saturated heterocycles. The summed E-state index contributed by atoms with van der Waals surface area (Å²) >= 11 is 2.07. The summed E-state index contributed by atoms with van der Waals surface area (Å²) < 4.78 is 0.412. The van der Waals surface area contributed by atoms with Crippen molar-refractivity contribution >= 4 is 11.8 Å². The summed E-state index contributed by atoms with van der Waals surface area (Å²) in [5.74, 6) is 1.97. The molecule has 0 N–H and O–H groups in total. The van der Waals surface area contributed by atoms with Crippen molar-refractivity contribution in [2.24, 2.45) is 0 Å². The Morgan fingerprint density at radius 3 is 2.14 bits per heavy atom. The Bertz CT molecular complexity index is 307. The van der Waals surface area contributed by atoms with Gasteiger partial charge < -0.3 is 0 Å². The van der Waals surface area contributed by atoms with Gasteiger partial charge in [-0.25, -0.2) is 0 Å². The van der Waals surface area contributed by atoms with Gasteiger partial charge in [0.05, 0.1) is 0 Å². The van der Waals surface area contributed by atoms with Gasteiger partial charge in [0.1, 0.15) is 0 Å². The number of hydrogen-bond donors (Lipinski definition) is 0. The van der Waals surface area contributed by atoms with Gasteiger partial charge in [0.25, 0.3) is 0 Å². The van der Waals surface area contributed by atoms with Crippen LogP contribution in [0.3, 0.4) is 0 Å². The van der Waals surface area contributed by atoms with Gasteiger partial charge in [0.15, 0.2) is 0 Å². The summed E-state index contributed by atoms with van der Waals surface area (Å²) in [4.78, 5) is 0. The predicted molar refractivity (Wildman–Crippen MR) is 65.0 cm³/mol. The van der Waals surface area contributed by atoms with E-state index in [-0.39, 0.29) is 0 Å². The summed E-state index contributed by atoms with van der Waals surface area (Å²) in [6.45, 7) is 6.84. The van der Waals surface area contributed by atoms with Crippen molar-refractivity contribution in [2.45, 2.75) is 37.9 Å². The second-order valence-corrected chi connectivity index (χ2v) is 6.20. The summed E-state index contributed by atoms with van der Waals surface area (Å²) in [5.41, 5.74) is 2.94. The fourth-order valence-corrected chi connectivity index (χ4v) is 2.98. The van der Waals surface area contributed by atoms with Crippen LogP contribution in [0.4, 0.5) is 0 Å². The van der Waals surface area contributed by atoms with Crippen molar-refractivity contribution in [2.75, 3.05) is 5.75 Å². The maximum absolute atomic E-state index is 2.35. The molecular formula is C13H18S. The third-order valence-corrected chi connectivity index (χ3v) is 4.67. The second kappa shape index (κ2) is 3.62. The van der Waals surface area contributed by atoms with E-state index in [1.807, 2.05) is 0 Å². The molecule has 0 amide bonds. The van der Waals surface area contributed by atoms with Crippen LogP contribution in [0.25, 0.3) is 0 Å². The van der Waals surface area contributed by atoms with Crippen molar-refractivity contribution in [3.8, 4) is 0 Å². The Morgan fingerprint density at radius 2 is 1.79 bits per heavy atom. The molecule has 1 unspecified atom stereocenters. The van der Waals surface area contributed by atoms with Crippen LogP contribution in [0.15, 0.2) is 24.3 Å². The van der Waals surface area contributed by atoms with Gasteiger partial charge in [-0.2, -0.15) is 11.8 Å². The molecular weight excluding hydrogens is 188 g/mol. The maximum Gasteiger partial charge on any atom is 0.0388 e. The summed E-state index contributed by atoms with van der Waals surface area (Å²) in [5, 5.41) is 0. The summed E-state index contributed by atoms with van der Waals surface area (Å²) in [6, 6.07) is 9.18. The minimum atomic E-state index is 0.412. The van der Waals surface area contributed by atoms with E-state index >= 15 is 0 Å². The van der Waals surface area contributed by atoms with E-state index in [1.54, 1.807) is 0 Å². The van der Waals surface area contributed by atoms with Gasteiger partial charge in [-0.15, -0.1) is 0 Å². The Kier molecular flexibility index (Phi) is 2.61. The van der Waals surface area contributed by atoms with Crippen molar-refractivity contribution in [1.82, 2.24) is 0 Å². The standard InChI is InChI=1S/C13H18S/c1-10(2)11-4-6-12(7-5-11)13(3)8-9-14-13/h4-7,10H,8-9H2,1-3H3. The Morgan fingerprint density at radius 1 is 1.21 bits per heavy atom. The van der Waals surface area contributed by atoms with E-state index in [9.17, 15) is 0 Å². The molecule has 0 nitrogen and oxygen atoms in total. The fourth-order valence-electron chi connectivity index (χ4n) is 1.86. The van der Waals surface area contributed by atoms with E-state index in [2.05, 4.69) is 56.8 Å². The summed E-state index contributed by atoms with van der Waals surface area (Å²) in [6.07, 6.45) is 1.33. The molecule has 14 heavy (non-hydrogen) atoms. The normalized spacial score (nSPS) is 26.3. The van der Waals surface area contributed by atoms with Crippen LogP contribution in [0, 0.1) is 0 Å². The van der Waals surface area contributed by atoms with Crippen LogP contribution < -0.4 is 0 Å². The zero-order chi connectivity index (χ0) is 10.2. The zero-order valence-corrected chi connectivity index (χ0v) is 10.0. The topological polar surface area (TPSA) is 0 Å². The molecule has 1 heteroatoms. The van der Waals surface area contributed by atoms with Crippen LogP contribution in [0.5, 0.6) is 0 Å². The van der Waals surface area contributed by atoms with Gasteiger partial charge in [-0.05, 0) is 36.1 Å². The lowest BCUT2D eigenvalue weighted by atomic mass is 9.93. The molecule has 1 aromatic rings. The monoisotopic (exact) mass is 206 g/mol. The van der Waals surface area contributed by atoms with Crippen molar-refractivity contribution in [3.63, 3.8) is 0 Å². The molecule has 1 heterocycles. The number of hydrogen-bond acceptors (Lipinski definition) is 1. The lowest BCUT2D eigenvalue weighted by molar-refractivity contribution is 0.625. The van der Waals surface area contributed by atoms with Gasteiger partial charge in [0.2, 0.25) is 0 Å². The lowest BCUT2D eigenvalue weighted by Gasteiger charge is -2.38. The van der Waals surface area contributed by atoms with E-state index in [1.165, 1.54) is 23.3 Å². The highest BCUT2D eigenvalue weighted by Gasteiger charge is 2.34. The third-order valence-electron chi connectivity index (χ3n) is 3.19. The fraction of sp³-hybridized carbons (Fsp3) is 0.538. The van der Waals surface area contributed by atoms with Crippen molar-refractivity contribution < 1.29 is 0 Å². The Balaban J connectivity index is 2.21. The van der Waals surface area contributed by atoms with Gasteiger partial charge >= 0.3 is 0 Å². The average Bonchev–Trinajstić information content (AvgIpc) is 2.14. The van der Waals surface area contributed by atoms with Crippen molar-refractivity contribution in [3.05, 3.63) is 35.4 Å². The number of benzene rings is 1. The molecule has 1 aliphatic heterocycles. The van der Waals surface area contributed by atoms with Gasteiger partial charge in [-0.1, -0.05) is 38.1 Å². The maximum atomic E-state index is 2.35. The van der Waals surface area contributed by atoms with Crippen LogP contribution in [0.1, 0.15) is 44.2 Å². The molecule has 1 aromatic carbocycles. The zero-order valence-electron chi connectivity index (χ0n) is 9.21. The van der Waals surface area contributed by atoms with Gasteiger partial charge in [-0.3, -0.25) is 0 Å². The molecule has 76 valence electrons. The molecule has 0 spiro atoms. The third kappa shape index (κ3) is 1.70. The largest absolute Gasteiger partial charge is 0.151 e. The second-order valence-electron chi connectivity index (χ2n) is 4.61. The van der Waals surface area contributed by atoms with Crippen LogP contribution in [0.2, 0.25) is 0 Å². The quantitative estimate of drug-likeness (QED) is 0.700. The first-order valence-electron chi connectivity index (χ1n) is 5.36. The Hall–Kier alpha value is -0.430. The van der Waals surface area contributed by atoms with E-state index in [4.69, 9.17) is 0 Å². The molecule has 0 aromatic heterocycles. The highest BCUT2D eigenvalue weighted by atomic mass is 32.2. The molecule has 0 radical (unpaired) electrons. The molecule has 1 atom stereocenters. The van der Waals surface area contributed by atoms with Crippen molar-refractivity contribution in [1.29, 1.82) is 0 Å². The van der Waals surface area contributed by atoms with Crippen LogP contribution in [-0.2, 0) is 4.75 Å². The molecule has 0 bridgehead atoms. The first kappa shape index (κ1) is 10.1. The number of rotatable bonds is 2. The predicted octanol–water partition coefficient (Wildman–Crippen LogP) is 4.16. The smallest absolute Gasteiger partial charge is 0.0388 e. The molecule has 1 fully saturated rings. The van der Waals surface area contributed by atoms with E-state index in [0.29, 0.717) is 10.7 Å². The summed E-state index contributed by atoms with van der Waals surface area (Å²) in [7, 11) is 0. The number of thioether (sulfide) groups is 1. The molecule has 2 rings (SSSR count). The first-order chi connectivity index (χ1) is 6.62. The molecule has 0 saturated carbocycles. The van der Waals surface area contributed by atoms with Crippen LogP contribution >= 0.6 is 11.8 Å². The Labute approximate surface area is 91.1 Å². The molecule has 1 aliphatic rings. The average molecular weight is 206 g/mol. The minimum absolute atomic E-state index is 0.412. The lowest BCUT2D eigenvalue weighted by Crippen LogP contribution is -2.27. The highest BCUT2D eigenvalue weighted by Crippen LogP contribution is 2.48. The minimum Gasteiger partial charge on any atom is -0.151 e. The van der Waals surface area contributed by atoms with E-state index in [0.717, 1.165) is 0 Å². The van der Waals surface area contributed by atoms with E-state index < -0.39 is 0 Å². The highest BCUT2D eigenvalue weighted by molar-refractivity contribution is 8.01. The first-order valence-corrected chi connectivity index (χ1v) is 6.35. The molecule has 0 aliphatic carbocycles. The van der Waals surface area contributed by atoms with Gasteiger partial charge in [0, 0.05) is 4.75 Å².